The van der Waals surface area contributed by atoms with Crippen molar-refractivity contribution in [1.82, 2.24) is 15.0 Å². The van der Waals surface area contributed by atoms with Gasteiger partial charge in [-0.15, -0.1) is 12.6 Å². The molecule has 0 saturated heterocycles. The van der Waals surface area contributed by atoms with Gasteiger partial charge in [0.1, 0.15) is 22.8 Å². The van der Waals surface area contributed by atoms with Gasteiger partial charge in [0, 0.05) is 6.20 Å². The maximum Gasteiger partial charge on any atom is 0.143 e. The molecule has 0 spiro atoms. The van der Waals surface area contributed by atoms with E-state index in [1.807, 2.05) is 43.3 Å². The zero-order valence-electron chi connectivity index (χ0n) is 14.6. The fourth-order valence-electron chi connectivity index (χ4n) is 3.00. The van der Waals surface area contributed by atoms with Crippen molar-refractivity contribution >= 4 is 34.4 Å². The summed E-state index contributed by atoms with van der Waals surface area (Å²) in [5.41, 5.74) is 2.38. The number of nitrogens with zero attached hydrogens (tertiary/aromatic N) is 2. The predicted octanol–water partition coefficient (Wildman–Crippen LogP) is 4.83. The quantitative estimate of drug-likeness (QED) is 0.393. The number of nitrogens with one attached hydrogen (secondary N) is 1. The predicted molar refractivity (Wildman–Crippen MR) is 107 cm³/mol. The van der Waals surface area contributed by atoms with E-state index in [2.05, 4.69) is 22.6 Å². The van der Waals surface area contributed by atoms with Crippen LogP contribution in [0.15, 0.2) is 48.8 Å². The molecule has 1 atom stereocenters. The average Bonchev–Trinajstić information content (AvgIpc) is 3.11. The van der Waals surface area contributed by atoms with Crippen LogP contribution in [0.3, 0.4) is 0 Å². The third-order valence-corrected chi connectivity index (χ3v) is 4.79. The van der Waals surface area contributed by atoms with E-state index < -0.39 is 0 Å². The van der Waals surface area contributed by atoms with Crippen molar-refractivity contribution in [3.63, 3.8) is 0 Å². The second-order valence-corrected chi connectivity index (χ2v) is 6.54. The first-order valence-corrected chi connectivity index (χ1v) is 8.97. The molecule has 0 aliphatic rings. The molecule has 0 fully saturated rings. The van der Waals surface area contributed by atoms with Gasteiger partial charge in [-0.05, 0) is 30.0 Å². The number of hydrogen-bond acceptors (Lipinski definition) is 5. The van der Waals surface area contributed by atoms with Gasteiger partial charge in [-0.25, -0.2) is 4.98 Å². The van der Waals surface area contributed by atoms with Gasteiger partial charge in [0.2, 0.25) is 0 Å². The minimum absolute atomic E-state index is 0.227. The summed E-state index contributed by atoms with van der Waals surface area (Å²) in [6.07, 6.45) is 4.27. The molecule has 2 aromatic heterocycles. The minimum Gasteiger partial charge on any atom is -0.496 e. The standard InChI is InChI=1S/C20H19N3O2S/c1-3-17(26)25-19-13(20-22-14-9-10-21-11-15(14)23-20)8-7-12-5-4-6-16(24-2)18(12)19/h4-11,17,26H,3H2,1-2H3,(H,22,23). The van der Waals surface area contributed by atoms with Gasteiger partial charge in [-0.1, -0.05) is 25.1 Å². The van der Waals surface area contributed by atoms with Crippen LogP contribution in [-0.4, -0.2) is 27.5 Å². The first-order valence-electron chi connectivity index (χ1n) is 8.45. The summed E-state index contributed by atoms with van der Waals surface area (Å²) >= 11 is 4.54. The van der Waals surface area contributed by atoms with Crippen molar-refractivity contribution in [2.24, 2.45) is 0 Å². The molecule has 132 valence electrons. The zero-order valence-corrected chi connectivity index (χ0v) is 15.5. The molecule has 4 aromatic rings. The first-order chi connectivity index (χ1) is 12.7. The molecule has 4 rings (SSSR count). The Morgan fingerprint density at radius 1 is 1.19 bits per heavy atom. The Bertz CT molecular complexity index is 1040. The highest BCUT2D eigenvalue weighted by atomic mass is 32.1. The zero-order chi connectivity index (χ0) is 18.1. The summed E-state index contributed by atoms with van der Waals surface area (Å²) < 4.78 is 11.8. The molecule has 0 aliphatic carbocycles. The molecule has 0 radical (unpaired) electrons. The van der Waals surface area contributed by atoms with Crippen molar-refractivity contribution in [3.05, 3.63) is 48.8 Å². The molecule has 0 aliphatic heterocycles. The number of fused-ring (bicyclic) bond motifs is 2. The molecule has 1 N–H and O–H groups in total. The van der Waals surface area contributed by atoms with Gasteiger partial charge in [0.25, 0.3) is 0 Å². The summed E-state index contributed by atoms with van der Waals surface area (Å²) in [5.74, 6) is 2.20. The lowest BCUT2D eigenvalue weighted by Crippen LogP contribution is -2.08. The van der Waals surface area contributed by atoms with Crippen LogP contribution in [0.5, 0.6) is 11.5 Å². The van der Waals surface area contributed by atoms with Crippen LogP contribution in [0.25, 0.3) is 33.2 Å². The molecular weight excluding hydrogens is 346 g/mol. The van der Waals surface area contributed by atoms with Crippen LogP contribution in [0.2, 0.25) is 0 Å². The number of aromatic amines is 1. The highest BCUT2D eigenvalue weighted by Crippen LogP contribution is 2.41. The van der Waals surface area contributed by atoms with E-state index in [1.165, 1.54) is 0 Å². The molecule has 6 heteroatoms. The van der Waals surface area contributed by atoms with E-state index in [0.717, 1.165) is 45.4 Å². The molecule has 5 nitrogen and oxygen atoms in total. The number of thiol groups is 1. The van der Waals surface area contributed by atoms with Crippen LogP contribution < -0.4 is 9.47 Å². The number of hydrogen-bond donors (Lipinski definition) is 2. The molecule has 26 heavy (non-hydrogen) atoms. The molecule has 2 aromatic carbocycles. The van der Waals surface area contributed by atoms with E-state index in [0.29, 0.717) is 5.75 Å². The summed E-state index contributed by atoms with van der Waals surface area (Å²) in [6, 6.07) is 11.9. The van der Waals surface area contributed by atoms with Crippen molar-refractivity contribution in [3.8, 4) is 22.9 Å². The fraction of sp³-hybridized carbons (Fsp3) is 0.200. The third-order valence-electron chi connectivity index (χ3n) is 4.32. The van der Waals surface area contributed by atoms with Gasteiger partial charge < -0.3 is 14.5 Å². The Hall–Kier alpha value is -2.73. The molecule has 1 unspecified atom stereocenters. The molecule has 0 amide bonds. The van der Waals surface area contributed by atoms with Gasteiger partial charge in [0.15, 0.2) is 0 Å². The fourth-order valence-corrected chi connectivity index (χ4v) is 3.10. The van der Waals surface area contributed by atoms with E-state index in [1.54, 1.807) is 19.5 Å². The van der Waals surface area contributed by atoms with Crippen LogP contribution >= 0.6 is 12.6 Å². The highest BCUT2D eigenvalue weighted by Gasteiger charge is 2.19. The Kier molecular flexibility index (Phi) is 4.42. The van der Waals surface area contributed by atoms with Crippen molar-refractivity contribution in [2.45, 2.75) is 18.8 Å². The number of pyridine rings is 1. The van der Waals surface area contributed by atoms with Crippen molar-refractivity contribution in [1.29, 1.82) is 0 Å². The number of benzene rings is 2. The van der Waals surface area contributed by atoms with Crippen LogP contribution in [0, 0.1) is 0 Å². The molecule has 0 saturated carbocycles. The first kappa shape index (κ1) is 16.7. The Balaban J connectivity index is 1.99. The van der Waals surface area contributed by atoms with Crippen molar-refractivity contribution in [2.75, 3.05) is 7.11 Å². The average molecular weight is 365 g/mol. The van der Waals surface area contributed by atoms with E-state index in [-0.39, 0.29) is 5.44 Å². The number of methoxy groups -OCH3 is 1. The van der Waals surface area contributed by atoms with Gasteiger partial charge in [-0.2, -0.15) is 0 Å². The second-order valence-electron chi connectivity index (χ2n) is 5.96. The monoisotopic (exact) mass is 365 g/mol. The topological polar surface area (TPSA) is 60.0 Å². The van der Waals surface area contributed by atoms with Gasteiger partial charge >= 0.3 is 0 Å². The van der Waals surface area contributed by atoms with Crippen molar-refractivity contribution < 1.29 is 9.47 Å². The summed E-state index contributed by atoms with van der Waals surface area (Å²) in [5, 5.41) is 1.95. The third kappa shape index (κ3) is 2.86. The van der Waals surface area contributed by atoms with Crippen LogP contribution in [0.1, 0.15) is 13.3 Å². The minimum atomic E-state index is -0.227. The summed E-state index contributed by atoms with van der Waals surface area (Å²) in [6.45, 7) is 2.03. The molecule has 2 heterocycles. The van der Waals surface area contributed by atoms with Crippen LogP contribution in [0.4, 0.5) is 0 Å². The SMILES string of the molecule is CCC(S)Oc1c(-c2nc3ccncc3[nH]2)ccc2cccc(OC)c12. The van der Waals surface area contributed by atoms with E-state index in [4.69, 9.17) is 14.5 Å². The van der Waals surface area contributed by atoms with Gasteiger partial charge in [-0.3, -0.25) is 4.98 Å². The maximum atomic E-state index is 6.21. The normalized spacial score (nSPS) is 12.4. The number of aromatic nitrogens is 3. The molecule has 0 bridgehead atoms. The smallest absolute Gasteiger partial charge is 0.143 e. The lowest BCUT2D eigenvalue weighted by molar-refractivity contribution is 0.289. The largest absolute Gasteiger partial charge is 0.496 e. The summed E-state index contributed by atoms with van der Waals surface area (Å²) in [4.78, 5) is 12.2. The Morgan fingerprint density at radius 3 is 2.85 bits per heavy atom. The van der Waals surface area contributed by atoms with Crippen LogP contribution in [-0.2, 0) is 0 Å². The maximum absolute atomic E-state index is 6.21. The Labute approximate surface area is 156 Å². The number of H-pyrrole nitrogens is 1. The number of rotatable bonds is 5. The number of imidazole rings is 1. The second kappa shape index (κ2) is 6.88. The lowest BCUT2D eigenvalue weighted by atomic mass is 10.0. The number of ether oxygens (including phenoxy) is 2. The van der Waals surface area contributed by atoms with E-state index >= 15 is 0 Å². The van der Waals surface area contributed by atoms with Gasteiger partial charge in [0.05, 0.1) is 35.3 Å². The molecular formula is C20H19N3O2S. The highest BCUT2D eigenvalue weighted by molar-refractivity contribution is 7.80. The van der Waals surface area contributed by atoms with E-state index in [9.17, 15) is 0 Å². The lowest BCUT2D eigenvalue weighted by Gasteiger charge is -2.18. The Morgan fingerprint density at radius 2 is 2.08 bits per heavy atom. The summed E-state index contributed by atoms with van der Waals surface area (Å²) in [7, 11) is 1.66.